The Morgan fingerprint density at radius 3 is 2.52 bits per heavy atom. The molecule has 0 radical (unpaired) electrons. The van der Waals surface area contributed by atoms with Gasteiger partial charge in [-0.25, -0.2) is 0 Å². The average Bonchev–Trinajstić information content (AvgIpc) is 3.27. The topological polar surface area (TPSA) is 102 Å². The summed E-state index contributed by atoms with van der Waals surface area (Å²) in [6.07, 6.45) is 0.958. The summed E-state index contributed by atoms with van der Waals surface area (Å²) < 4.78 is 5.36. The fourth-order valence-electron chi connectivity index (χ4n) is 3.58. The summed E-state index contributed by atoms with van der Waals surface area (Å²) in [5.41, 5.74) is 9.00. The summed E-state index contributed by atoms with van der Waals surface area (Å²) in [7, 11) is 0. The number of hydrogen-bond acceptors (Lipinski definition) is 5. The SMILES string of the molecule is CC(c1cccc(C(=O)c2ccccc2)c1)c1cc(N=C(N)N2CCC(=O)CC2)on1. The number of hydrogen-bond donors (Lipinski definition) is 1. The molecule has 1 fully saturated rings. The maximum atomic E-state index is 12.8. The van der Waals surface area contributed by atoms with Crippen LogP contribution in [0.3, 0.4) is 0 Å². The van der Waals surface area contributed by atoms with E-state index in [-0.39, 0.29) is 17.5 Å². The van der Waals surface area contributed by atoms with E-state index in [0.29, 0.717) is 54.6 Å². The van der Waals surface area contributed by atoms with Gasteiger partial charge in [0.25, 0.3) is 5.88 Å². The molecule has 1 atom stereocenters. The smallest absolute Gasteiger partial charge is 0.253 e. The van der Waals surface area contributed by atoms with Crippen molar-refractivity contribution in [3.05, 3.63) is 83.0 Å². The fourth-order valence-corrected chi connectivity index (χ4v) is 3.58. The highest BCUT2D eigenvalue weighted by Crippen LogP contribution is 2.27. The van der Waals surface area contributed by atoms with Crippen molar-refractivity contribution < 1.29 is 14.1 Å². The van der Waals surface area contributed by atoms with Gasteiger partial charge in [0.05, 0.1) is 5.69 Å². The highest BCUT2D eigenvalue weighted by molar-refractivity contribution is 6.09. The molecule has 158 valence electrons. The molecule has 4 rings (SSSR count). The number of rotatable bonds is 5. The van der Waals surface area contributed by atoms with Crippen molar-refractivity contribution in [2.24, 2.45) is 10.7 Å². The van der Waals surface area contributed by atoms with Crippen LogP contribution >= 0.6 is 0 Å². The van der Waals surface area contributed by atoms with Gasteiger partial charge in [-0.1, -0.05) is 60.6 Å². The van der Waals surface area contributed by atoms with Crippen molar-refractivity contribution in [3.63, 3.8) is 0 Å². The molecule has 2 N–H and O–H groups in total. The van der Waals surface area contributed by atoms with Crippen LogP contribution in [0.15, 0.2) is 70.2 Å². The highest BCUT2D eigenvalue weighted by atomic mass is 16.5. The van der Waals surface area contributed by atoms with Gasteiger partial charge in [0.1, 0.15) is 5.78 Å². The molecule has 1 unspecified atom stereocenters. The number of nitrogens with two attached hydrogens (primary N) is 1. The molecule has 1 aliphatic rings. The van der Waals surface area contributed by atoms with Gasteiger partial charge in [-0.2, -0.15) is 4.99 Å². The summed E-state index contributed by atoms with van der Waals surface area (Å²) >= 11 is 0. The van der Waals surface area contributed by atoms with E-state index < -0.39 is 0 Å². The minimum absolute atomic E-state index is 0.0205. The second-order valence-corrected chi connectivity index (χ2v) is 7.63. The lowest BCUT2D eigenvalue weighted by atomic mass is 9.94. The van der Waals surface area contributed by atoms with Crippen LogP contribution in [-0.4, -0.2) is 40.7 Å². The number of guanidine groups is 1. The Morgan fingerprint density at radius 1 is 1.06 bits per heavy atom. The van der Waals surface area contributed by atoms with Crippen molar-refractivity contribution >= 4 is 23.4 Å². The van der Waals surface area contributed by atoms with Gasteiger partial charge in [0.15, 0.2) is 11.7 Å². The largest absolute Gasteiger partial charge is 0.369 e. The number of aliphatic imine (C=N–C) groups is 1. The molecule has 1 saturated heterocycles. The van der Waals surface area contributed by atoms with Crippen LogP contribution in [0.25, 0.3) is 0 Å². The third-order valence-corrected chi connectivity index (χ3v) is 5.51. The zero-order valence-electron chi connectivity index (χ0n) is 17.3. The number of benzene rings is 2. The zero-order valence-corrected chi connectivity index (χ0v) is 17.3. The zero-order chi connectivity index (χ0) is 21.8. The van der Waals surface area contributed by atoms with Crippen LogP contribution in [0, 0.1) is 0 Å². The monoisotopic (exact) mass is 416 g/mol. The van der Waals surface area contributed by atoms with Crippen molar-refractivity contribution in [3.8, 4) is 0 Å². The minimum Gasteiger partial charge on any atom is -0.369 e. The number of ketones is 2. The van der Waals surface area contributed by atoms with Gasteiger partial charge >= 0.3 is 0 Å². The summed E-state index contributed by atoms with van der Waals surface area (Å²) in [4.78, 5) is 30.3. The van der Waals surface area contributed by atoms with E-state index in [2.05, 4.69) is 10.1 Å². The Balaban J connectivity index is 1.50. The van der Waals surface area contributed by atoms with Gasteiger partial charge in [0, 0.05) is 49.0 Å². The Morgan fingerprint density at radius 2 is 1.77 bits per heavy atom. The highest BCUT2D eigenvalue weighted by Gasteiger charge is 2.19. The normalized spacial score (nSPS) is 15.7. The number of aromatic nitrogens is 1. The van der Waals surface area contributed by atoms with E-state index >= 15 is 0 Å². The molecule has 0 aliphatic carbocycles. The van der Waals surface area contributed by atoms with Crippen LogP contribution in [-0.2, 0) is 4.79 Å². The van der Waals surface area contributed by atoms with Gasteiger partial charge in [-0.15, -0.1) is 0 Å². The van der Waals surface area contributed by atoms with Crippen molar-refractivity contribution in [2.75, 3.05) is 13.1 Å². The second-order valence-electron chi connectivity index (χ2n) is 7.63. The molecule has 1 aromatic heterocycles. The molecule has 7 nitrogen and oxygen atoms in total. The molecule has 0 bridgehead atoms. The van der Waals surface area contributed by atoms with Crippen molar-refractivity contribution in [2.45, 2.75) is 25.7 Å². The Kier molecular flexibility index (Phi) is 5.93. The molecule has 31 heavy (non-hydrogen) atoms. The first-order valence-electron chi connectivity index (χ1n) is 10.3. The second kappa shape index (κ2) is 8.95. The van der Waals surface area contributed by atoms with Crippen molar-refractivity contribution in [1.82, 2.24) is 10.1 Å². The molecule has 2 heterocycles. The van der Waals surface area contributed by atoms with Crippen LogP contribution in [0.1, 0.15) is 52.9 Å². The van der Waals surface area contributed by atoms with E-state index in [1.807, 2.05) is 66.4 Å². The molecule has 0 amide bonds. The number of carbonyl (C=O) groups is 2. The lowest BCUT2D eigenvalue weighted by Gasteiger charge is -2.26. The summed E-state index contributed by atoms with van der Waals surface area (Å²) in [6, 6.07) is 18.5. The van der Waals surface area contributed by atoms with E-state index in [1.165, 1.54) is 0 Å². The van der Waals surface area contributed by atoms with Crippen LogP contribution in [0.5, 0.6) is 0 Å². The van der Waals surface area contributed by atoms with E-state index in [9.17, 15) is 9.59 Å². The fraction of sp³-hybridized carbons (Fsp3) is 0.250. The van der Waals surface area contributed by atoms with Gasteiger partial charge < -0.3 is 15.2 Å². The predicted molar refractivity (Wildman–Crippen MR) is 117 cm³/mol. The summed E-state index contributed by atoms with van der Waals surface area (Å²) in [6.45, 7) is 3.12. The van der Waals surface area contributed by atoms with Crippen LogP contribution in [0.4, 0.5) is 5.88 Å². The predicted octanol–water partition coefficient (Wildman–Crippen LogP) is 3.67. The first-order chi connectivity index (χ1) is 15.0. The van der Waals surface area contributed by atoms with Gasteiger partial charge in [-0.3, -0.25) is 9.59 Å². The Labute approximate surface area is 180 Å². The average molecular weight is 416 g/mol. The maximum Gasteiger partial charge on any atom is 0.253 e. The molecule has 0 saturated carbocycles. The molecule has 7 heteroatoms. The number of carbonyl (C=O) groups excluding carboxylic acids is 2. The van der Waals surface area contributed by atoms with Gasteiger partial charge in [-0.05, 0) is 11.6 Å². The lowest BCUT2D eigenvalue weighted by molar-refractivity contribution is -0.120. The van der Waals surface area contributed by atoms with Crippen LogP contribution in [0.2, 0.25) is 0 Å². The standard InChI is InChI=1S/C24H24N4O3/c1-16(18-8-5-9-19(14-18)23(30)17-6-3-2-4-7-17)21-15-22(31-27-21)26-24(25)28-12-10-20(29)11-13-28/h2-9,14-16H,10-13H2,1H3,(H2,25,26). The molecular formula is C24H24N4O3. The van der Waals surface area contributed by atoms with Crippen molar-refractivity contribution in [1.29, 1.82) is 0 Å². The number of likely N-dealkylation sites (tertiary alicyclic amines) is 1. The lowest BCUT2D eigenvalue weighted by Crippen LogP contribution is -2.42. The van der Waals surface area contributed by atoms with E-state index in [4.69, 9.17) is 10.3 Å². The van der Waals surface area contributed by atoms with E-state index in [0.717, 1.165) is 5.56 Å². The summed E-state index contributed by atoms with van der Waals surface area (Å²) in [5.74, 6) is 0.761. The Bertz CT molecular complexity index is 1110. The Hall–Kier alpha value is -3.74. The quantitative estimate of drug-likeness (QED) is 0.387. The third kappa shape index (κ3) is 4.71. The minimum atomic E-state index is -0.0925. The van der Waals surface area contributed by atoms with Gasteiger partial charge in [0.2, 0.25) is 0 Å². The first-order valence-corrected chi connectivity index (χ1v) is 10.3. The molecule has 2 aromatic carbocycles. The molecular weight excluding hydrogens is 392 g/mol. The third-order valence-electron chi connectivity index (χ3n) is 5.51. The van der Waals surface area contributed by atoms with E-state index in [1.54, 1.807) is 6.07 Å². The van der Waals surface area contributed by atoms with Crippen LogP contribution < -0.4 is 5.73 Å². The number of Topliss-reactive ketones (excluding diaryl/α,β-unsaturated/α-hetero) is 1. The number of nitrogens with zero attached hydrogens (tertiary/aromatic N) is 3. The first kappa shape index (κ1) is 20.5. The molecule has 0 spiro atoms. The maximum absolute atomic E-state index is 12.8. The number of piperidine rings is 1. The molecule has 1 aliphatic heterocycles. The summed E-state index contributed by atoms with van der Waals surface area (Å²) in [5, 5.41) is 4.14. The molecule has 3 aromatic rings.